The van der Waals surface area contributed by atoms with Crippen LogP contribution >= 0.6 is 0 Å². The zero-order valence-corrected chi connectivity index (χ0v) is 23.5. The number of nitrogens with one attached hydrogen (secondary N) is 8. The Balaban J connectivity index is 0.000000275. The Hall–Kier alpha value is -5.39. The number of benzene rings is 3. The molecule has 0 unspecified atom stereocenters. The highest BCUT2D eigenvalue weighted by Crippen LogP contribution is 2.21. The van der Waals surface area contributed by atoms with E-state index in [-0.39, 0.29) is 11.9 Å². The fourth-order valence-corrected chi connectivity index (χ4v) is 4.03. The molecule has 41 heavy (non-hydrogen) atoms. The highest BCUT2D eigenvalue weighted by Gasteiger charge is 2.15. The molecule has 0 saturated heterocycles. The van der Waals surface area contributed by atoms with Gasteiger partial charge in [-0.05, 0) is 60.7 Å². The fourth-order valence-electron chi connectivity index (χ4n) is 4.03. The zero-order valence-electron chi connectivity index (χ0n) is 23.5. The van der Waals surface area contributed by atoms with E-state index in [1.807, 2.05) is 36.4 Å². The highest BCUT2D eigenvalue weighted by molar-refractivity contribution is 6.03. The van der Waals surface area contributed by atoms with Gasteiger partial charge in [-0.3, -0.25) is 24.9 Å². The molecule has 0 fully saturated rings. The summed E-state index contributed by atoms with van der Waals surface area (Å²) >= 11 is 0. The molecule has 12 nitrogen and oxygen atoms in total. The van der Waals surface area contributed by atoms with Crippen molar-refractivity contribution in [3.8, 4) is 0 Å². The summed E-state index contributed by atoms with van der Waals surface area (Å²) in [5.41, 5.74) is 5.13. The molecule has 0 bridgehead atoms. The number of hydrogen-bond donors (Lipinski definition) is 8. The van der Waals surface area contributed by atoms with Crippen molar-refractivity contribution >= 4 is 52.8 Å². The molecule has 4 rings (SSSR count). The van der Waals surface area contributed by atoms with Crippen molar-refractivity contribution in [2.45, 2.75) is 0 Å². The van der Waals surface area contributed by atoms with Gasteiger partial charge in [0.05, 0.1) is 11.1 Å². The van der Waals surface area contributed by atoms with Gasteiger partial charge in [-0.2, -0.15) is 0 Å². The van der Waals surface area contributed by atoms with Crippen LogP contribution in [0.25, 0.3) is 0 Å². The summed E-state index contributed by atoms with van der Waals surface area (Å²) in [5, 5.41) is 19.9. The molecule has 1 aliphatic heterocycles. The zero-order chi connectivity index (χ0) is 29.6. The minimum absolute atomic E-state index is 0.202. The minimum atomic E-state index is -0.379. The van der Waals surface area contributed by atoms with E-state index in [2.05, 4.69) is 47.2 Å². The van der Waals surface area contributed by atoms with Crippen molar-refractivity contribution in [1.82, 2.24) is 16.0 Å². The molecule has 4 amide bonds. The molecule has 8 N–H and O–H groups in total. The lowest BCUT2D eigenvalue weighted by molar-refractivity contribution is -0.444. The summed E-state index contributed by atoms with van der Waals surface area (Å²) in [6.07, 6.45) is 0.680. The lowest BCUT2D eigenvalue weighted by atomic mass is 10.1. The van der Waals surface area contributed by atoms with Crippen LogP contribution in [-0.4, -0.2) is 71.3 Å². The number of hydrogen-bond acceptors (Lipinski definition) is 6. The van der Waals surface area contributed by atoms with Gasteiger partial charge in [-0.15, -0.1) is 0 Å². The maximum Gasteiger partial charge on any atom is 0.323 e. The predicted octanol–water partition coefficient (Wildman–Crippen LogP) is 1.01. The van der Waals surface area contributed by atoms with Crippen molar-refractivity contribution in [2.75, 3.05) is 62.5 Å². The molecule has 214 valence electrons. The van der Waals surface area contributed by atoms with Crippen LogP contribution in [0.15, 0.2) is 71.7 Å². The van der Waals surface area contributed by atoms with Crippen LogP contribution in [0, 0.1) is 0 Å². The third-order valence-electron chi connectivity index (χ3n) is 6.00. The second kappa shape index (κ2) is 15.3. The molecular weight excluding hydrogens is 522 g/mol. The van der Waals surface area contributed by atoms with Crippen molar-refractivity contribution in [1.29, 1.82) is 0 Å². The van der Waals surface area contributed by atoms with Crippen LogP contribution in [0.2, 0.25) is 0 Å². The van der Waals surface area contributed by atoms with Gasteiger partial charge in [-0.25, -0.2) is 4.79 Å². The van der Waals surface area contributed by atoms with E-state index in [9.17, 15) is 14.4 Å². The van der Waals surface area contributed by atoms with Crippen LogP contribution in [0.5, 0.6) is 0 Å². The summed E-state index contributed by atoms with van der Waals surface area (Å²) < 4.78 is 0. The van der Waals surface area contributed by atoms with Gasteiger partial charge >= 0.3 is 6.03 Å². The monoisotopic (exact) mass is 558 g/mol. The summed E-state index contributed by atoms with van der Waals surface area (Å²) in [6.45, 7) is 1.89. The number of amidine groups is 2. The Morgan fingerprint density at radius 2 is 1.63 bits per heavy atom. The van der Waals surface area contributed by atoms with Crippen molar-refractivity contribution in [3.05, 3.63) is 83.4 Å². The first-order valence-electron chi connectivity index (χ1n) is 12.9. The molecule has 12 heteroatoms. The first kappa shape index (κ1) is 30.2. The molecule has 3 aromatic rings. The van der Waals surface area contributed by atoms with Gasteiger partial charge in [0, 0.05) is 56.5 Å². The SMILES string of the molecule is CN=C(NC)c1ccc(NC(=O)Nc2ccc(C(=O)NC)c(NC)c2)cc1.O=CNc1cccc(C2=[NH+]CCN2)c1. The average Bonchev–Trinajstić information content (AvgIpc) is 3.54. The third kappa shape index (κ3) is 8.55. The van der Waals surface area contributed by atoms with E-state index in [0.29, 0.717) is 29.0 Å². The van der Waals surface area contributed by atoms with Gasteiger partial charge < -0.3 is 31.9 Å². The van der Waals surface area contributed by atoms with E-state index in [4.69, 9.17) is 0 Å². The molecule has 1 heterocycles. The van der Waals surface area contributed by atoms with E-state index in [0.717, 1.165) is 41.6 Å². The Morgan fingerprint density at radius 3 is 2.24 bits per heavy atom. The predicted molar refractivity (Wildman–Crippen MR) is 164 cm³/mol. The number of rotatable bonds is 8. The Labute approximate surface area is 239 Å². The molecule has 0 atom stereocenters. The van der Waals surface area contributed by atoms with Crippen LogP contribution in [-0.2, 0) is 4.79 Å². The molecular formula is C29H36N9O3+. The van der Waals surface area contributed by atoms with Gasteiger partial charge in [0.1, 0.15) is 18.9 Å². The van der Waals surface area contributed by atoms with E-state index >= 15 is 0 Å². The number of carbonyl (C=O) groups excluding carboxylic acids is 3. The van der Waals surface area contributed by atoms with Crippen molar-refractivity contribution in [2.24, 2.45) is 4.99 Å². The molecule has 1 aliphatic rings. The van der Waals surface area contributed by atoms with Gasteiger partial charge in [0.25, 0.3) is 11.7 Å². The van der Waals surface area contributed by atoms with Crippen molar-refractivity contribution in [3.63, 3.8) is 0 Å². The number of aliphatic imine (C=N–C) groups is 1. The van der Waals surface area contributed by atoms with Crippen molar-refractivity contribution < 1.29 is 19.4 Å². The van der Waals surface area contributed by atoms with Gasteiger partial charge in [0.15, 0.2) is 0 Å². The smallest absolute Gasteiger partial charge is 0.323 e. The van der Waals surface area contributed by atoms with E-state index < -0.39 is 0 Å². The number of amides is 4. The minimum Gasteiger partial charge on any atom is -0.387 e. The average molecular weight is 559 g/mol. The first-order chi connectivity index (χ1) is 19.9. The molecule has 0 aromatic heterocycles. The summed E-state index contributed by atoms with van der Waals surface area (Å²) in [6, 6.07) is 19.7. The van der Waals surface area contributed by atoms with Gasteiger partial charge in [0.2, 0.25) is 6.41 Å². The molecule has 0 radical (unpaired) electrons. The topological polar surface area (TPSA) is 162 Å². The number of urea groups is 1. The van der Waals surface area contributed by atoms with E-state index in [1.165, 1.54) is 0 Å². The highest BCUT2D eigenvalue weighted by atomic mass is 16.2. The normalized spacial score (nSPS) is 12.0. The second-order valence-corrected chi connectivity index (χ2v) is 8.64. The lowest BCUT2D eigenvalue weighted by Gasteiger charge is -2.12. The Kier molecular flexibility index (Phi) is 11.2. The number of anilines is 4. The maximum absolute atomic E-state index is 12.2. The Morgan fingerprint density at radius 1 is 0.902 bits per heavy atom. The third-order valence-corrected chi connectivity index (χ3v) is 6.00. The molecule has 3 aromatic carbocycles. The van der Waals surface area contributed by atoms with Gasteiger partial charge in [-0.1, -0.05) is 6.07 Å². The number of carbonyl (C=O) groups is 3. The summed E-state index contributed by atoms with van der Waals surface area (Å²) in [4.78, 5) is 41.7. The largest absolute Gasteiger partial charge is 0.387 e. The standard InChI is InChI=1S/C19H24N6O2.C10H11N3O/c1-20-16-11-14(9-10-15(16)18(26)23-4)25-19(27)24-13-7-5-12(6-8-13)17(21-2)22-3;14-7-13-9-3-1-2-8(6-9)10-11-4-5-12-10/h5-11,20H,1-4H3,(H,21,22)(H,23,26)(H2,24,25,27);1-3,6-7H,4-5H2,(H,11,12)(H,13,14)/p+1. The quantitative estimate of drug-likeness (QED) is 0.117. The molecule has 0 aliphatic carbocycles. The first-order valence-corrected chi connectivity index (χ1v) is 12.9. The van der Waals surface area contributed by atoms with Crippen LogP contribution in [0.1, 0.15) is 21.5 Å². The molecule has 0 spiro atoms. The van der Waals surface area contributed by atoms with Crippen LogP contribution in [0.3, 0.4) is 0 Å². The summed E-state index contributed by atoms with van der Waals surface area (Å²) in [7, 11) is 6.79. The maximum atomic E-state index is 12.2. The van der Waals surface area contributed by atoms with Crippen LogP contribution < -0.4 is 42.2 Å². The van der Waals surface area contributed by atoms with E-state index in [1.54, 1.807) is 58.5 Å². The second-order valence-electron chi connectivity index (χ2n) is 8.64. The van der Waals surface area contributed by atoms with Crippen LogP contribution in [0.4, 0.5) is 27.5 Å². The Bertz CT molecular complexity index is 1420. The fraction of sp³-hybridized carbons (Fsp3) is 0.207. The molecule has 0 saturated carbocycles. The number of nitrogens with zero attached hydrogens (tertiary/aromatic N) is 1. The summed E-state index contributed by atoms with van der Waals surface area (Å²) in [5.74, 6) is 1.59. The lowest BCUT2D eigenvalue weighted by Crippen LogP contribution is -2.70.